The molecule has 0 radical (unpaired) electrons. The van der Waals surface area contributed by atoms with E-state index in [0.717, 1.165) is 16.8 Å². The highest BCUT2D eigenvalue weighted by Crippen LogP contribution is 2.46. The van der Waals surface area contributed by atoms with Crippen molar-refractivity contribution in [1.82, 2.24) is 10.6 Å². The molecule has 3 atom stereocenters. The van der Waals surface area contributed by atoms with Gasteiger partial charge in [-0.15, -0.1) is 0 Å². The van der Waals surface area contributed by atoms with E-state index in [1.165, 1.54) is 7.11 Å². The van der Waals surface area contributed by atoms with Crippen molar-refractivity contribution in [3.8, 4) is 0 Å². The highest BCUT2D eigenvalue weighted by molar-refractivity contribution is 6.20. The maximum absolute atomic E-state index is 13.1. The van der Waals surface area contributed by atoms with Gasteiger partial charge in [-0.25, -0.2) is 4.79 Å². The lowest BCUT2D eigenvalue weighted by molar-refractivity contribution is -0.153. The van der Waals surface area contributed by atoms with Crippen LogP contribution in [0.5, 0.6) is 0 Å². The van der Waals surface area contributed by atoms with Crippen molar-refractivity contribution in [3.63, 3.8) is 0 Å². The number of hydrogen-bond donors (Lipinski definition) is 2. The van der Waals surface area contributed by atoms with E-state index in [-0.39, 0.29) is 18.6 Å². The molecular formula is C20H24N4O5. The Morgan fingerprint density at radius 2 is 1.93 bits per heavy atom. The van der Waals surface area contributed by atoms with Gasteiger partial charge in [-0.05, 0) is 50.5 Å². The maximum Gasteiger partial charge on any atom is 0.328 e. The molecule has 0 bridgehead atoms. The van der Waals surface area contributed by atoms with Crippen LogP contribution >= 0.6 is 0 Å². The van der Waals surface area contributed by atoms with Crippen molar-refractivity contribution in [1.29, 1.82) is 0 Å². The smallest absolute Gasteiger partial charge is 0.328 e. The summed E-state index contributed by atoms with van der Waals surface area (Å²) in [5.74, 6) is -1.19. The number of carbonyl (C=O) groups excluding carboxylic acids is 3. The number of anilines is 1. The Balaban J connectivity index is 1.89. The molecule has 3 aliphatic heterocycles. The van der Waals surface area contributed by atoms with E-state index >= 15 is 0 Å². The predicted octanol–water partition coefficient (Wildman–Crippen LogP) is 0.948. The molecule has 4 rings (SSSR count). The van der Waals surface area contributed by atoms with Crippen LogP contribution in [0.3, 0.4) is 0 Å². The number of nitrogens with one attached hydrogen (secondary N) is 2. The zero-order valence-corrected chi connectivity index (χ0v) is 16.8. The molecule has 29 heavy (non-hydrogen) atoms. The second-order valence-corrected chi connectivity index (χ2v) is 7.84. The third-order valence-corrected chi connectivity index (χ3v) is 5.95. The number of imide groups is 2. The van der Waals surface area contributed by atoms with E-state index in [4.69, 9.17) is 9.57 Å². The van der Waals surface area contributed by atoms with Gasteiger partial charge in [0, 0.05) is 12.2 Å². The highest BCUT2D eigenvalue weighted by atomic mass is 16.6. The normalized spacial score (nSPS) is 28.4. The fourth-order valence-corrected chi connectivity index (χ4v) is 4.86. The van der Waals surface area contributed by atoms with Gasteiger partial charge in [0.05, 0.1) is 24.0 Å². The number of nitrogens with zero attached hydrogens (tertiary/aromatic N) is 2. The van der Waals surface area contributed by atoms with Gasteiger partial charge in [0.25, 0.3) is 0 Å². The Morgan fingerprint density at radius 1 is 1.24 bits per heavy atom. The summed E-state index contributed by atoms with van der Waals surface area (Å²) in [5.41, 5.74) is 1.84. The Kier molecular flexibility index (Phi) is 4.57. The summed E-state index contributed by atoms with van der Waals surface area (Å²) in [5, 5.41) is 8.55. The Labute approximate surface area is 168 Å². The third-order valence-electron chi connectivity index (χ3n) is 5.95. The highest BCUT2D eigenvalue weighted by Gasteiger charge is 2.62. The maximum atomic E-state index is 13.1. The molecule has 0 aliphatic carbocycles. The molecule has 1 spiro atoms. The van der Waals surface area contributed by atoms with Gasteiger partial charge in [0.1, 0.15) is 7.11 Å². The summed E-state index contributed by atoms with van der Waals surface area (Å²) >= 11 is 0. The molecule has 9 heteroatoms. The van der Waals surface area contributed by atoms with E-state index in [2.05, 4.69) is 20.7 Å². The number of morpholine rings is 1. The van der Waals surface area contributed by atoms with Gasteiger partial charge in [-0.2, -0.15) is 0 Å². The number of fused-ring (bicyclic) bond motifs is 4. The van der Waals surface area contributed by atoms with Gasteiger partial charge < -0.3 is 14.5 Å². The van der Waals surface area contributed by atoms with Gasteiger partial charge >= 0.3 is 6.03 Å². The minimum absolute atomic E-state index is 0.0722. The second kappa shape index (κ2) is 6.84. The van der Waals surface area contributed by atoms with Crippen LogP contribution < -0.4 is 15.5 Å². The molecule has 3 unspecified atom stereocenters. The summed E-state index contributed by atoms with van der Waals surface area (Å²) in [6, 6.07) is 4.53. The van der Waals surface area contributed by atoms with Crippen LogP contribution in [0, 0.1) is 5.41 Å². The number of hydrogen-bond acceptors (Lipinski definition) is 7. The average Bonchev–Trinajstić information content (AvgIpc) is 2.65. The first kappa shape index (κ1) is 19.4. The summed E-state index contributed by atoms with van der Waals surface area (Å²) in [4.78, 5) is 44.8. The van der Waals surface area contributed by atoms with Gasteiger partial charge in [-0.1, -0.05) is 11.2 Å². The first-order valence-electron chi connectivity index (χ1n) is 9.58. The molecule has 2 saturated heterocycles. The van der Waals surface area contributed by atoms with Crippen molar-refractivity contribution in [2.75, 3.05) is 18.6 Å². The monoisotopic (exact) mass is 400 g/mol. The van der Waals surface area contributed by atoms with Crippen molar-refractivity contribution >= 4 is 29.2 Å². The number of amides is 4. The van der Waals surface area contributed by atoms with Gasteiger partial charge in [-0.3, -0.25) is 20.2 Å². The van der Waals surface area contributed by atoms with Crippen LogP contribution in [-0.2, 0) is 25.6 Å². The van der Waals surface area contributed by atoms with Crippen LogP contribution in [0.1, 0.15) is 31.9 Å². The Morgan fingerprint density at radius 3 is 2.59 bits per heavy atom. The number of barbiturate groups is 1. The van der Waals surface area contributed by atoms with Gasteiger partial charge in [0.15, 0.2) is 5.41 Å². The lowest BCUT2D eigenvalue weighted by Gasteiger charge is -2.55. The van der Waals surface area contributed by atoms with E-state index in [9.17, 15) is 14.4 Å². The lowest BCUT2D eigenvalue weighted by atomic mass is 9.66. The molecule has 2 N–H and O–H groups in total. The number of oxime groups is 1. The first-order valence-corrected chi connectivity index (χ1v) is 9.58. The fourth-order valence-electron chi connectivity index (χ4n) is 4.86. The van der Waals surface area contributed by atoms with Crippen molar-refractivity contribution in [2.24, 2.45) is 10.6 Å². The molecule has 1 aromatic carbocycles. The molecule has 3 aliphatic rings. The standard InChI is InChI=1S/C20H24N4O5/c1-10-9-24-15-6-5-13(11(2)23-28-4)7-14(15)8-20(16(24)12(3)29-10)17(25)21-19(27)22-18(20)26/h5-7,10,12,16H,8-9H2,1-4H3,(H2,21,22,25,26,27). The Bertz CT molecular complexity index is 907. The molecule has 0 saturated carbocycles. The molecule has 9 nitrogen and oxygen atoms in total. The number of benzene rings is 1. The zero-order valence-electron chi connectivity index (χ0n) is 16.8. The molecule has 4 amide bonds. The molecule has 0 aromatic heterocycles. The Hall–Kier alpha value is -2.94. The van der Waals surface area contributed by atoms with Crippen molar-refractivity contribution in [3.05, 3.63) is 29.3 Å². The summed E-state index contributed by atoms with van der Waals surface area (Å²) < 4.78 is 5.99. The van der Waals surface area contributed by atoms with E-state index < -0.39 is 29.3 Å². The zero-order chi connectivity index (χ0) is 20.9. The van der Waals surface area contributed by atoms with E-state index in [1.54, 1.807) is 0 Å². The number of urea groups is 1. The minimum atomic E-state index is -1.47. The lowest BCUT2D eigenvalue weighted by Crippen LogP contribution is -2.75. The number of carbonyl (C=O) groups is 3. The van der Waals surface area contributed by atoms with Gasteiger partial charge in [0.2, 0.25) is 11.8 Å². The van der Waals surface area contributed by atoms with Crippen molar-refractivity contribution in [2.45, 2.75) is 45.4 Å². The fraction of sp³-hybridized carbons (Fsp3) is 0.500. The van der Waals surface area contributed by atoms with Crippen LogP contribution in [0.15, 0.2) is 23.4 Å². The van der Waals surface area contributed by atoms with E-state index in [1.807, 2.05) is 39.0 Å². The SMILES string of the molecule is CON=C(C)c1ccc2c(c1)CC1(C(=O)NC(=O)NC1=O)C1C(C)OC(C)CN21. The average molecular weight is 400 g/mol. The van der Waals surface area contributed by atoms with E-state index in [0.29, 0.717) is 12.3 Å². The van der Waals surface area contributed by atoms with Crippen LogP contribution in [0.25, 0.3) is 0 Å². The van der Waals surface area contributed by atoms with Crippen LogP contribution in [0.4, 0.5) is 10.5 Å². The summed E-state index contributed by atoms with van der Waals surface area (Å²) in [6.07, 6.45) is -0.296. The first-order chi connectivity index (χ1) is 13.8. The minimum Gasteiger partial charge on any atom is -0.399 e. The molecule has 1 aromatic rings. The summed E-state index contributed by atoms with van der Waals surface area (Å²) in [7, 11) is 1.48. The van der Waals surface area contributed by atoms with Crippen LogP contribution in [-0.4, -0.2) is 55.5 Å². The quantitative estimate of drug-likeness (QED) is 0.435. The van der Waals surface area contributed by atoms with Crippen molar-refractivity contribution < 1.29 is 24.0 Å². The molecule has 2 fully saturated rings. The largest absolute Gasteiger partial charge is 0.399 e. The second-order valence-electron chi connectivity index (χ2n) is 7.84. The van der Waals surface area contributed by atoms with Crippen LogP contribution in [0.2, 0.25) is 0 Å². The summed E-state index contributed by atoms with van der Waals surface area (Å²) in [6.45, 7) is 6.18. The third kappa shape index (κ3) is 2.88. The predicted molar refractivity (Wildman–Crippen MR) is 105 cm³/mol. The molecular weight excluding hydrogens is 376 g/mol. The number of ether oxygens (including phenoxy) is 1. The topological polar surface area (TPSA) is 109 Å². The number of rotatable bonds is 2. The molecule has 154 valence electrons. The molecule has 3 heterocycles.